The monoisotopic (exact) mass is 459 g/mol. The van der Waals surface area contributed by atoms with E-state index in [9.17, 15) is 14.0 Å². The van der Waals surface area contributed by atoms with Crippen LogP contribution in [0.15, 0.2) is 53.6 Å². The fraction of sp³-hybridized carbons (Fsp3) is 0.375. The van der Waals surface area contributed by atoms with E-state index in [2.05, 4.69) is 5.10 Å². The van der Waals surface area contributed by atoms with Gasteiger partial charge in [-0.05, 0) is 23.8 Å². The van der Waals surface area contributed by atoms with Crippen molar-refractivity contribution in [1.29, 1.82) is 0 Å². The molecule has 32 heavy (non-hydrogen) atoms. The molecule has 0 N–H and O–H groups in total. The van der Waals surface area contributed by atoms with Crippen molar-refractivity contribution in [2.75, 3.05) is 26.8 Å². The molecule has 1 heterocycles. The summed E-state index contributed by atoms with van der Waals surface area (Å²) in [6, 6.07) is 12.9. The van der Waals surface area contributed by atoms with E-state index in [1.54, 1.807) is 39.2 Å². The molecule has 0 fully saturated rings. The highest BCUT2D eigenvalue weighted by molar-refractivity contribution is 6.34. The first-order valence-corrected chi connectivity index (χ1v) is 10.9. The second-order valence-electron chi connectivity index (χ2n) is 7.94. The van der Waals surface area contributed by atoms with Crippen molar-refractivity contribution in [3.05, 3.63) is 70.5 Å². The average Bonchev–Trinajstić information content (AvgIpc) is 3.22. The van der Waals surface area contributed by atoms with Crippen LogP contribution >= 0.6 is 11.6 Å². The van der Waals surface area contributed by atoms with Crippen molar-refractivity contribution in [2.45, 2.75) is 26.3 Å². The summed E-state index contributed by atoms with van der Waals surface area (Å²) in [5.41, 5.74) is 2.16. The van der Waals surface area contributed by atoms with Gasteiger partial charge in [-0.2, -0.15) is 5.10 Å². The van der Waals surface area contributed by atoms with E-state index < -0.39 is 6.04 Å². The normalized spacial score (nSPS) is 15.8. The zero-order valence-electron chi connectivity index (χ0n) is 18.4. The maximum atomic E-state index is 13.5. The molecule has 6 nitrogen and oxygen atoms in total. The summed E-state index contributed by atoms with van der Waals surface area (Å²) in [7, 11) is 1.55. The van der Waals surface area contributed by atoms with E-state index in [0.29, 0.717) is 30.3 Å². The molecule has 170 valence electrons. The Bertz CT molecular complexity index is 994. The van der Waals surface area contributed by atoms with Gasteiger partial charge < -0.3 is 9.64 Å². The van der Waals surface area contributed by atoms with Gasteiger partial charge >= 0.3 is 0 Å². The number of halogens is 2. The molecule has 1 atom stereocenters. The van der Waals surface area contributed by atoms with Crippen LogP contribution in [0.2, 0.25) is 5.02 Å². The number of hydrazone groups is 1. The number of methoxy groups -OCH3 is 1. The minimum absolute atomic E-state index is 0.128. The first-order chi connectivity index (χ1) is 15.3. The molecule has 0 aliphatic carbocycles. The Balaban J connectivity index is 1.91. The number of ether oxygens (including phenoxy) is 1. The topological polar surface area (TPSA) is 62.2 Å². The molecular formula is C24H27ClFN3O3. The number of carbonyl (C=O) groups excluding carboxylic acids is 2. The van der Waals surface area contributed by atoms with Crippen molar-refractivity contribution >= 4 is 29.1 Å². The molecule has 1 aliphatic heterocycles. The molecule has 2 amide bonds. The summed E-state index contributed by atoms with van der Waals surface area (Å²) < 4.78 is 18.6. The Labute approximate surface area is 192 Å². The molecular weight excluding hydrogens is 433 g/mol. The molecule has 8 heteroatoms. The lowest BCUT2D eigenvalue weighted by Crippen LogP contribution is -2.44. The van der Waals surface area contributed by atoms with Gasteiger partial charge in [0.2, 0.25) is 5.91 Å². The molecule has 1 unspecified atom stereocenters. The Morgan fingerprint density at radius 1 is 1.22 bits per heavy atom. The zero-order valence-corrected chi connectivity index (χ0v) is 19.2. The minimum Gasteiger partial charge on any atom is -0.383 e. The number of rotatable bonds is 8. The Kier molecular flexibility index (Phi) is 7.99. The summed E-state index contributed by atoms with van der Waals surface area (Å²) >= 11 is 6.36. The SMILES string of the molecule is COCCN(CC(=O)N1N=C(c2ccccc2Cl)CC1c1ccc(F)cc1)C(=O)C(C)C. The molecule has 1 aliphatic rings. The van der Waals surface area contributed by atoms with Crippen molar-refractivity contribution in [3.63, 3.8) is 0 Å². The van der Waals surface area contributed by atoms with Gasteiger partial charge in [-0.1, -0.05) is 55.8 Å². The van der Waals surface area contributed by atoms with Gasteiger partial charge in [0.05, 0.1) is 18.4 Å². The molecule has 2 aromatic carbocycles. The van der Waals surface area contributed by atoms with Gasteiger partial charge in [0.25, 0.3) is 5.91 Å². The highest BCUT2D eigenvalue weighted by Crippen LogP contribution is 2.34. The number of benzene rings is 2. The van der Waals surface area contributed by atoms with Gasteiger partial charge in [-0.15, -0.1) is 0 Å². The van der Waals surface area contributed by atoms with Gasteiger partial charge in [0.15, 0.2) is 0 Å². The fourth-order valence-electron chi connectivity index (χ4n) is 3.61. The highest BCUT2D eigenvalue weighted by atomic mass is 35.5. The Hall–Kier alpha value is -2.77. The van der Waals surface area contributed by atoms with E-state index >= 15 is 0 Å². The molecule has 0 aromatic heterocycles. The summed E-state index contributed by atoms with van der Waals surface area (Å²) in [6.45, 7) is 4.07. The third kappa shape index (κ3) is 5.53. The Morgan fingerprint density at radius 3 is 2.53 bits per heavy atom. The van der Waals surface area contributed by atoms with Gasteiger partial charge in [0.1, 0.15) is 12.4 Å². The van der Waals surface area contributed by atoms with Crippen LogP contribution in [0.3, 0.4) is 0 Å². The molecule has 0 saturated carbocycles. The molecule has 3 rings (SSSR count). The third-order valence-corrected chi connectivity index (χ3v) is 5.63. The Morgan fingerprint density at radius 2 is 1.91 bits per heavy atom. The van der Waals surface area contributed by atoms with Crippen molar-refractivity contribution in [1.82, 2.24) is 9.91 Å². The highest BCUT2D eigenvalue weighted by Gasteiger charge is 2.35. The first kappa shape index (κ1) is 23.9. The van der Waals surface area contributed by atoms with Crippen LogP contribution in [0.1, 0.15) is 37.4 Å². The third-order valence-electron chi connectivity index (χ3n) is 5.30. The summed E-state index contributed by atoms with van der Waals surface area (Å²) in [4.78, 5) is 27.4. The minimum atomic E-state index is -0.423. The number of nitrogens with zero attached hydrogens (tertiary/aromatic N) is 3. The van der Waals surface area contributed by atoms with Gasteiger partial charge in [0, 0.05) is 36.6 Å². The molecule has 0 saturated heterocycles. The van der Waals surface area contributed by atoms with Crippen LogP contribution in [0.5, 0.6) is 0 Å². The van der Waals surface area contributed by atoms with Gasteiger partial charge in [-0.25, -0.2) is 9.40 Å². The van der Waals surface area contributed by atoms with E-state index in [0.717, 1.165) is 11.1 Å². The number of hydrogen-bond donors (Lipinski definition) is 0. The lowest BCUT2D eigenvalue weighted by atomic mass is 9.98. The van der Waals surface area contributed by atoms with Crippen LogP contribution in [0, 0.1) is 11.7 Å². The molecule has 2 aromatic rings. The smallest absolute Gasteiger partial charge is 0.262 e. The lowest BCUT2D eigenvalue weighted by Gasteiger charge is -2.28. The second-order valence-corrected chi connectivity index (χ2v) is 8.35. The largest absolute Gasteiger partial charge is 0.383 e. The number of amides is 2. The maximum absolute atomic E-state index is 13.5. The molecule has 0 spiro atoms. The predicted molar refractivity (Wildman–Crippen MR) is 122 cm³/mol. The van der Waals surface area contributed by atoms with Crippen LogP contribution in [0.4, 0.5) is 4.39 Å². The lowest BCUT2D eigenvalue weighted by molar-refractivity contribution is -0.143. The van der Waals surface area contributed by atoms with Crippen LogP contribution < -0.4 is 0 Å². The van der Waals surface area contributed by atoms with E-state index in [-0.39, 0.29) is 30.1 Å². The summed E-state index contributed by atoms with van der Waals surface area (Å²) in [6.07, 6.45) is 0.428. The number of carbonyl (C=O) groups is 2. The van der Waals surface area contributed by atoms with E-state index in [1.165, 1.54) is 22.0 Å². The predicted octanol–water partition coefficient (Wildman–Crippen LogP) is 4.29. The fourth-order valence-corrected chi connectivity index (χ4v) is 3.86. The quantitative estimate of drug-likeness (QED) is 0.591. The van der Waals surface area contributed by atoms with Crippen LogP contribution in [0.25, 0.3) is 0 Å². The second kappa shape index (κ2) is 10.7. The van der Waals surface area contributed by atoms with Crippen molar-refractivity contribution < 1.29 is 18.7 Å². The molecule has 0 radical (unpaired) electrons. The molecule has 0 bridgehead atoms. The average molecular weight is 460 g/mol. The van der Waals surface area contributed by atoms with Crippen molar-refractivity contribution in [2.24, 2.45) is 11.0 Å². The van der Waals surface area contributed by atoms with Gasteiger partial charge in [-0.3, -0.25) is 9.59 Å². The van der Waals surface area contributed by atoms with Crippen LogP contribution in [-0.4, -0.2) is 54.2 Å². The zero-order chi connectivity index (χ0) is 23.3. The summed E-state index contributed by atoms with van der Waals surface area (Å²) in [5.74, 6) is -1.08. The maximum Gasteiger partial charge on any atom is 0.262 e. The summed E-state index contributed by atoms with van der Waals surface area (Å²) in [5, 5.41) is 6.52. The number of hydrogen-bond acceptors (Lipinski definition) is 4. The van der Waals surface area contributed by atoms with E-state index in [4.69, 9.17) is 16.3 Å². The van der Waals surface area contributed by atoms with E-state index in [1.807, 2.05) is 18.2 Å². The van der Waals surface area contributed by atoms with Crippen molar-refractivity contribution in [3.8, 4) is 0 Å². The standard InChI is InChI=1S/C24H27ClFN3O3/c1-16(2)24(31)28(12-13-32-3)15-23(30)29-22(17-8-10-18(26)11-9-17)14-21(27-29)19-6-4-5-7-20(19)25/h4-11,16,22H,12-15H2,1-3H3. The van der Waals surface area contributed by atoms with Crippen LogP contribution in [-0.2, 0) is 14.3 Å². The first-order valence-electron chi connectivity index (χ1n) is 10.5.